The van der Waals surface area contributed by atoms with E-state index in [1.165, 1.54) is 13.8 Å². The highest BCUT2D eigenvalue weighted by Crippen LogP contribution is 2.01. The molecule has 0 aromatic carbocycles. The second kappa shape index (κ2) is 11.0. The SMILES string of the molecule is CC(N)C(=O)NC(C)C(=O)NC(CCC(=O)O)C(=O)NC(CO)C(=O)O. The van der Waals surface area contributed by atoms with E-state index < -0.39 is 66.9 Å². The number of rotatable bonds is 11. The lowest BCUT2D eigenvalue weighted by Gasteiger charge is -2.22. The van der Waals surface area contributed by atoms with E-state index in [2.05, 4.69) is 10.6 Å². The van der Waals surface area contributed by atoms with Crippen LogP contribution in [0.3, 0.4) is 0 Å². The highest BCUT2D eigenvalue weighted by molar-refractivity contribution is 5.94. The third-order valence-corrected chi connectivity index (χ3v) is 3.24. The van der Waals surface area contributed by atoms with Crippen LogP contribution in [0.15, 0.2) is 0 Å². The van der Waals surface area contributed by atoms with Gasteiger partial charge in [-0.05, 0) is 20.3 Å². The van der Waals surface area contributed by atoms with Crippen molar-refractivity contribution in [2.75, 3.05) is 6.61 Å². The van der Waals surface area contributed by atoms with Crippen molar-refractivity contribution in [2.24, 2.45) is 5.73 Å². The molecule has 0 spiro atoms. The number of hydrogen-bond acceptors (Lipinski definition) is 7. The first kappa shape index (κ1) is 23.3. The minimum atomic E-state index is -1.61. The van der Waals surface area contributed by atoms with Crippen molar-refractivity contribution in [3.63, 3.8) is 0 Å². The van der Waals surface area contributed by atoms with E-state index in [1.807, 2.05) is 5.32 Å². The summed E-state index contributed by atoms with van der Waals surface area (Å²) in [6, 6.07) is -4.91. The van der Waals surface area contributed by atoms with Crippen LogP contribution in [0.1, 0.15) is 26.7 Å². The minimum absolute atomic E-state index is 0.321. The molecule has 148 valence electrons. The molecule has 8 N–H and O–H groups in total. The molecule has 12 heteroatoms. The first-order chi connectivity index (χ1) is 12.0. The number of carbonyl (C=O) groups excluding carboxylic acids is 3. The zero-order valence-corrected chi connectivity index (χ0v) is 14.4. The summed E-state index contributed by atoms with van der Waals surface area (Å²) in [7, 11) is 0. The maximum atomic E-state index is 12.1. The van der Waals surface area contributed by atoms with Gasteiger partial charge in [0.15, 0.2) is 0 Å². The summed E-state index contributed by atoms with van der Waals surface area (Å²) in [6.45, 7) is 1.85. The molecule has 4 unspecified atom stereocenters. The van der Waals surface area contributed by atoms with Crippen LogP contribution in [0.25, 0.3) is 0 Å². The first-order valence-corrected chi connectivity index (χ1v) is 7.71. The molecule has 0 aromatic rings. The highest BCUT2D eigenvalue weighted by Gasteiger charge is 2.28. The lowest BCUT2D eigenvalue weighted by molar-refractivity contribution is -0.144. The van der Waals surface area contributed by atoms with Crippen LogP contribution in [0.5, 0.6) is 0 Å². The number of aliphatic carboxylic acids is 2. The average Bonchev–Trinajstić information content (AvgIpc) is 2.54. The monoisotopic (exact) mass is 376 g/mol. The van der Waals surface area contributed by atoms with Crippen molar-refractivity contribution in [1.29, 1.82) is 0 Å². The molecular formula is C14H24N4O8. The Kier molecular flexibility index (Phi) is 9.84. The van der Waals surface area contributed by atoms with Crippen molar-refractivity contribution >= 4 is 29.7 Å². The Balaban J connectivity index is 5.03. The van der Waals surface area contributed by atoms with Crippen molar-refractivity contribution in [3.05, 3.63) is 0 Å². The number of nitrogens with one attached hydrogen (secondary N) is 3. The summed E-state index contributed by atoms with van der Waals surface area (Å²) in [4.78, 5) is 57.3. The van der Waals surface area contributed by atoms with Gasteiger partial charge >= 0.3 is 11.9 Å². The molecular weight excluding hydrogens is 352 g/mol. The normalized spacial score (nSPS) is 15.1. The van der Waals surface area contributed by atoms with E-state index in [1.54, 1.807) is 0 Å². The number of nitrogens with two attached hydrogens (primary N) is 1. The molecule has 0 aliphatic rings. The molecule has 0 saturated heterocycles. The number of carbonyl (C=O) groups is 5. The van der Waals surface area contributed by atoms with Gasteiger partial charge in [0.1, 0.15) is 18.1 Å². The molecule has 12 nitrogen and oxygen atoms in total. The Bertz CT molecular complexity index is 551. The van der Waals surface area contributed by atoms with Gasteiger partial charge in [0.05, 0.1) is 12.6 Å². The molecule has 0 aromatic heterocycles. The van der Waals surface area contributed by atoms with Crippen LogP contribution in [-0.2, 0) is 24.0 Å². The molecule has 4 atom stereocenters. The van der Waals surface area contributed by atoms with Gasteiger partial charge in [0, 0.05) is 6.42 Å². The second-order valence-electron chi connectivity index (χ2n) is 5.59. The number of amides is 3. The molecule has 0 fully saturated rings. The molecule has 0 heterocycles. The Labute approximate surface area is 149 Å². The number of carboxylic acids is 2. The van der Waals surface area contributed by atoms with Crippen molar-refractivity contribution in [2.45, 2.75) is 50.9 Å². The predicted molar refractivity (Wildman–Crippen MR) is 86.7 cm³/mol. The van der Waals surface area contributed by atoms with Crippen LogP contribution in [0.2, 0.25) is 0 Å². The van der Waals surface area contributed by atoms with E-state index in [0.717, 1.165) is 0 Å². The molecule has 3 amide bonds. The summed E-state index contributed by atoms with van der Waals surface area (Å²) in [5.41, 5.74) is 5.36. The third kappa shape index (κ3) is 8.39. The zero-order chi connectivity index (χ0) is 20.4. The first-order valence-electron chi connectivity index (χ1n) is 7.71. The van der Waals surface area contributed by atoms with E-state index in [4.69, 9.17) is 21.1 Å². The third-order valence-electron chi connectivity index (χ3n) is 3.24. The predicted octanol–water partition coefficient (Wildman–Crippen LogP) is -3.25. The standard InChI is InChI=1S/C14H24N4O8/c1-6(15)11(22)16-7(2)12(23)17-8(3-4-10(20)21)13(24)18-9(5-19)14(25)26/h6-9,19H,3-5,15H2,1-2H3,(H,16,22)(H,17,23)(H,18,24)(H,20,21)(H,25,26). The molecule has 26 heavy (non-hydrogen) atoms. The molecule has 0 radical (unpaired) electrons. The van der Waals surface area contributed by atoms with Crippen LogP contribution in [0, 0.1) is 0 Å². The lowest BCUT2D eigenvalue weighted by Crippen LogP contribution is -2.56. The second-order valence-corrected chi connectivity index (χ2v) is 5.59. The Morgan fingerprint density at radius 2 is 1.42 bits per heavy atom. The molecule has 0 saturated carbocycles. The Morgan fingerprint density at radius 1 is 0.885 bits per heavy atom. The number of carboxylic acid groups (broad SMARTS) is 2. The van der Waals surface area contributed by atoms with Gasteiger partial charge < -0.3 is 37.0 Å². The summed E-state index contributed by atoms with van der Waals surface area (Å²) in [5, 5.41) is 33.0. The van der Waals surface area contributed by atoms with Crippen LogP contribution in [0.4, 0.5) is 0 Å². The average molecular weight is 376 g/mol. The largest absolute Gasteiger partial charge is 0.481 e. The van der Waals surface area contributed by atoms with Crippen molar-refractivity contribution < 1.29 is 39.3 Å². The Morgan fingerprint density at radius 3 is 1.85 bits per heavy atom. The minimum Gasteiger partial charge on any atom is -0.481 e. The molecule has 0 rings (SSSR count). The van der Waals surface area contributed by atoms with Gasteiger partial charge in [0.2, 0.25) is 17.7 Å². The van der Waals surface area contributed by atoms with Crippen LogP contribution < -0.4 is 21.7 Å². The van der Waals surface area contributed by atoms with Gasteiger partial charge in [-0.15, -0.1) is 0 Å². The molecule has 0 aliphatic heterocycles. The summed E-state index contributed by atoms with van der Waals surface area (Å²) in [6.07, 6.45) is -0.797. The van der Waals surface area contributed by atoms with E-state index >= 15 is 0 Å². The fraction of sp³-hybridized carbons (Fsp3) is 0.643. The molecule has 0 aliphatic carbocycles. The summed E-state index contributed by atoms with van der Waals surface area (Å²) in [5.74, 6) is -5.10. The number of hydrogen-bond donors (Lipinski definition) is 7. The van der Waals surface area contributed by atoms with E-state index in [0.29, 0.717) is 0 Å². The van der Waals surface area contributed by atoms with Crippen molar-refractivity contribution in [1.82, 2.24) is 16.0 Å². The smallest absolute Gasteiger partial charge is 0.328 e. The summed E-state index contributed by atoms with van der Waals surface area (Å²) >= 11 is 0. The van der Waals surface area contributed by atoms with Crippen molar-refractivity contribution in [3.8, 4) is 0 Å². The van der Waals surface area contributed by atoms with Crippen LogP contribution >= 0.6 is 0 Å². The highest BCUT2D eigenvalue weighted by atomic mass is 16.4. The van der Waals surface area contributed by atoms with E-state index in [-0.39, 0.29) is 6.42 Å². The quantitative estimate of drug-likeness (QED) is 0.193. The Hall–Kier alpha value is -2.73. The van der Waals surface area contributed by atoms with Gasteiger partial charge in [0.25, 0.3) is 0 Å². The molecule has 0 bridgehead atoms. The van der Waals surface area contributed by atoms with Gasteiger partial charge in [-0.3, -0.25) is 19.2 Å². The lowest BCUT2D eigenvalue weighted by atomic mass is 10.1. The maximum Gasteiger partial charge on any atom is 0.328 e. The zero-order valence-electron chi connectivity index (χ0n) is 14.4. The van der Waals surface area contributed by atoms with Gasteiger partial charge in [-0.25, -0.2) is 4.79 Å². The maximum absolute atomic E-state index is 12.1. The van der Waals surface area contributed by atoms with E-state index in [9.17, 15) is 24.0 Å². The van der Waals surface area contributed by atoms with Crippen LogP contribution in [-0.4, -0.2) is 75.8 Å². The van der Waals surface area contributed by atoms with Gasteiger partial charge in [-0.1, -0.05) is 0 Å². The number of aliphatic hydroxyl groups is 1. The number of aliphatic hydroxyl groups excluding tert-OH is 1. The van der Waals surface area contributed by atoms with Gasteiger partial charge in [-0.2, -0.15) is 0 Å². The topological polar surface area (TPSA) is 208 Å². The fourth-order valence-electron chi connectivity index (χ4n) is 1.70. The fourth-order valence-corrected chi connectivity index (χ4v) is 1.70. The summed E-state index contributed by atoms with van der Waals surface area (Å²) < 4.78 is 0.